The molecule has 0 spiro atoms. The zero-order valence-electron chi connectivity index (χ0n) is 16.2. The van der Waals surface area contributed by atoms with Gasteiger partial charge in [-0.15, -0.1) is 0 Å². The first-order valence-electron chi connectivity index (χ1n) is 9.92. The molecule has 0 atom stereocenters. The summed E-state index contributed by atoms with van der Waals surface area (Å²) in [5.41, 5.74) is 1.16. The molecule has 5 nitrogen and oxygen atoms in total. The van der Waals surface area contributed by atoms with Gasteiger partial charge < -0.3 is 10.6 Å². The van der Waals surface area contributed by atoms with Gasteiger partial charge in [0.15, 0.2) is 5.96 Å². The normalized spacial score (nSPS) is 17.0. The van der Waals surface area contributed by atoms with Crippen molar-refractivity contribution >= 4 is 5.96 Å². The number of aromatic nitrogens is 1. The van der Waals surface area contributed by atoms with Crippen LogP contribution in [0.15, 0.2) is 29.4 Å². The van der Waals surface area contributed by atoms with Gasteiger partial charge in [-0.05, 0) is 37.8 Å². The quantitative estimate of drug-likeness (QED) is 0.562. The molecule has 2 heterocycles. The third-order valence-electron chi connectivity index (χ3n) is 5.05. The minimum atomic E-state index is 0.513. The second-order valence-corrected chi connectivity index (χ2v) is 6.92. The maximum absolute atomic E-state index is 4.81. The summed E-state index contributed by atoms with van der Waals surface area (Å²) in [7, 11) is 0. The Balaban J connectivity index is 1.79. The smallest absolute Gasteiger partial charge is 0.191 e. The molecule has 0 radical (unpaired) electrons. The molecule has 1 aromatic rings. The van der Waals surface area contributed by atoms with E-state index in [4.69, 9.17) is 4.99 Å². The average molecular weight is 346 g/mol. The van der Waals surface area contributed by atoms with Gasteiger partial charge in [0.2, 0.25) is 0 Å². The van der Waals surface area contributed by atoms with E-state index in [9.17, 15) is 0 Å². The lowest BCUT2D eigenvalue weighted by molar-refractivity contribution is 0.196. The Morgan fingerprint density at radius 2 is 2.00 bits per heavy atom. The van der Waals surface area contributed by atoms with Crippen molar-refractivity contribution in [3.05, 3.63) is 30.1 Å². The van der Waals surface area contributed by atoms with Crippen LogP contribution in [-0.2, 0) is 6.54 Å². The highest BCUT2D eigenvalue weighted by atomic mass is 15.2. The van der Waals surface area contributed by atoms with Crippen molar-refractivity contribution in [2.75, 3.05) is 26.2 Å². The lowest BCUT2D eigenvalue weighted by atomic mass is 10.0. The van der Waals surface area contributed by atoms with Crippen molar-refractivity contribution in [3.63, 3.8) is 0 Å². The molecule has 0 aromatic carbocycles. The van der Waals surface area contributed by atoms with Gasteiger partial charge in [-0.2, -0.15) is 0 Å². The van der Waals surface area contributed by atoms with Crippen molar-refractivity contribution in [1.29, 1.82) is 0 Å². The Morgan fingerprint density at radius 3 is 2.60 bits per heavy atom. The van der Waals surface area contributed by atoms with Crippen LogP contribution in [0.1, 0.15) is 52.1 Å². The average Bonchev–Trinajstić information content (AvgIpc) is 2.65. The minimum absolute atomic E-state index is 0.513. The zero-order valence-corrected chi connectivity index (χ0v) is 16.2. The maximum atomic E-state index is 4.81. The van der Waals surface area contributed by atoms with Crippen LogP contribution < -0.4 is 10.6 Å². The van der Waals surface area contributed by atoms with E-state index in [1.54, 1.807) is 0 Å². The number of hydrogen-bond acceptors (Lipinski definition) is 3. The van der Waals surface area contributed by atoms with Gasteiger partial charge in [0.05, 0.1) is 5.69 Å². The number of hydrogen-bond donors (Lipinski definition) is 2. The second-order valence-electron chi connectivity index (χ2n) is 6.92. The largest absolute Gasteiger partial charge is 0.357 e. The Kier molecular flexibility index (Phi) is 8.73. The summed E-state index contributed by atoms with van der Waals surface area (Å²) in [5, 5.41) is 7.04. The Hall–Kier alpha value is -1.62. The van der Waals surface area contributed by atoms with E-state index in [1.165, 1.54) is 12.8 Å². The SMILES string of the molecule is CCNC(=NCC(CC)CC)NC1CCN(Cc2ccccn2)CC1. The molecule has 1 aliphatic rings. The van der Waals surface area contributed by atoms with Crippen LogP contribution in [0, 0.1) is 5.92 Å². The highest BCUT2D eigenvalue weighted by Crippen LogP contribution is 2.13. The fraction of sp³-hybridized carbons (Fsp3) is 0.700. The van der Waals surface area contributed by atoms with E-state index in [0.717, 1.165) is 57.2 Å². The Labute approximate surface area is 153 Å². The van der Waals surface area contributed by atoms with Crippen molar-refractivity contribution < 1.29 is 0 Å². The lowest BCUT2D eigenvalue weighted by Crippen LogP contribution is -2.48. The molecule has 2 rings (SSSR count). The van der Waals surface area contributed by atoms with Crippen LogP contribution in [0.25, 0.3) is 0 Å². The van der Waals surface area contributed by atoms with Gasteiger partial charge in [0.25, 0.3) is 0 Å². The molecule has 25 heavy (non-hydrogen) atoms. The molecule has 0 saturated carbocycles. The summed E-state index contributed by atoms with van der Waals surface area (Å²) in [6.07, 6.45) is 6.59. The van der Waals surface area contributed by atoms with Gasteiger partial charge in [0, 0.05) is 45.0 Å². The molecular weight excluding hydrogens is 310 g/mol. The first-order valence-corrected chi connectivity index (χ1v) is 9.92. The lowest BCUT2D eigenvalue weighted by Gasteiger charge is -2.33. The Bertz CT molecular complexity index is 490. The zero-order chi connectivity index (χ0) is 17.9. The van der Waals surface area contributed by atoms with E-state index < -0.39 is 0 Å². The number of pyridine rings is 1. The van der Waals surface area contributed by atoms with Gasteiger partial charge >= 0.3 is 0 Å². The predicted octanol–water partition coefficient (Wildman–Crippen LogP) is 3.04. The van der Waals surface area contributed by atoms with Crippen molar-refractivity contribution in [2.45, 2.75) is 59.0 Å². The van der Waals surface area contributed by atoms with E-state index in [1.807, 2.05) is 12.3 Å². The number of rotatable bonds is 8. The molecule has 5 heteroatoms. The topological polar surface area (TPSA) is 52.6 Å². The molecular formula is C20H35N5. The number of nitrogens with zero attached hydrogens (tertiary/aromatic N) is 3. The van der Waals surface area contributed by atoms with E-state index in [2.05, 4.69) is 53.4 Å². The summed E-state index contributed by atoms with van der Waals surface area (Å²) in [6, 6.07) is 6.66. The Morgan fingerprint density at radius 1 is 1.24 bits per heavy atom. The van der Waals surface area contributed by atoms with Crippen molar-refractivity contribution in [2.24, 2.45) is 10.9 Å². The summed E-state index contributed by atoms with van der Waals surface area (Å²) in [5.74, 6) is 1.67. The number of aliphatic imine (C=N–C) groups is 1. The molecule has 2 N–H and O–H groups in total. The van der Waals surface area contributed by atoms with E-state index >= 15 is 0 Å². The summed E-state index contributed by atoms with van der Waals surface area (Å²) < 4.78 is 0. The highest BCUT2D eigenvalue weighted by molar-refractivity contribution is 5.80. The van der Waals surface area contributed by atoms with Crippen LogP contribution >= 0.6 is 0 Å². The number of piperidine rings is 1. The molecule has 1 saturated heterocycles. The van der Waals surface area contributed by atoms with Gasteiger partial charge in [-0.3, -0.25) is 14.9 Å². The molecule has 0 bridgehead atoms. The van der Waals surface area contributed by atoms with Crippen molar-refractivity contribution in [3.8, 4) is 0 Å². The van der Waals surface area contributed by atoms with E-state index in [-0.39, 0.29) is 0 Å². The molecule has 1 fully saturated rings. The second kappa shape index (κ2) is 11.1. The number of likely N-dealkylation sites (tertiary alicyclic amines) is 1. The van der Waals surface area contributed by atoms with Gasteiger partial charge in [-0.25, -0.2) is 0 Å². The fourth-order valence-electron chi connectivity index (χ4n) is 3.24. The highest BCUT2D eigenvalue weighted by Gasteiger charge is 2.20. The third-order valence-corrected chi connectivity index (χ3v) is 5.05. The summed E-state index contributed by atoms with van der Waals surface area (Å²) in [4.78, 5) is 11.7. The van der Waals surface area contributed by atoms with Crippen LogP contribution in [0.2, 0.25) is 0 Å². The first kappa shape index (κ1) is 19.7. The molecule has 1 aromatic heterocycles. The monoisotopic (exact) mass is 345 g/mol. The number of nitrogens with one attached hydrogen (secondary N) is 2. The number of guanidine groups is 1. The van der Waals surface area contributed by atoms with Gasteiger partial charge in [0.1, 0.15) is 0 Å². The van der Waals surface area contributed by atoms with E-state index in [0.29, 0.717) is 12.0 Å². The summed E-state index contributed by atoms with van der Waals surface area (Å²) >= 11 is 0. The molecule has 140 valence electrons. The predicted molar refractivity (Wildman–Crippen MR) is 106 cm³/mol. The van der Waals surface area contributed by atoms with Crippen LogP contribution in [0.4, 0.5) is 0 Å². The summed E-state index contributed by atoms with van der Waals surface area (Å²) in [6.45, 7) is 11.6. The fourth-order valence-corrected chi connectivity index (χ4v) is 3.24. The molecule has 0 unspecified atom stereocenters. The van der Waals surface area contributed by atoms with Gasteiger partial charge in [-0.1, -0.05) is 32.8 Å². The maximum Gasteiger partial charge on any atom is 0.191 e. The van der Waals surface area contributed by atoms with Crippen LogP contribution in [0.3, 0.4) is 0 Å². The molecule has 1 aliphatic heterocycles. The minimum Gasteiger partial charge on any atom is -0.357 e. The standard InChI is InChI=1S/C20H35N5/c1-4-17(5-2)15-23-20(21-6-3)24-18-10-13-25(14-11-18)16-19-9-7-8-12-22-19/h7-9,12,17-18H,4-6,10-11,13-16H2,1-3H3,(H2,21,23,24). The molecule has 0 aliphatic carbocycles. The molecule has 0 amide bonds. The van der Waals surface area contributed by atoms with Crippen LogP contribution in [0.5, 0.6) is 0 Å². The van der Waals surface area contributed by atoms with Crippen LogP contribution in [-0.4, -0.2) is 48.1 Å². The third kappa shape index (κ3) is 7.02. The first-order chi connectivity index (χ1) is 12.2. The van der Waals surface area contributed by atoms with Crippen molar-refractivity contribution in [1.82, 2.24) is 20.5 Å².